The first-order valence-electron chi connectivity index (χ1n) is 14.8. The molecule has 0 amide bonds. The maximum absolute atomic E-state index is 13.2. The van der Waals surface area contributed by atoms with Crippen molar-refractivity contribution in [3.8, 4) is 28.0 Å². The molecule has 0 saturated carbocycles. The second kappa shape index (κ2) is 11.8. The lowest BCUT2D eigenvalue weighted by Gasteiger charge is -2.22. The van der Waals surface area contributed by atoms with Crippen LogP contribution in [0.2, 0.25) is 0 Å². The lowest BCUT2D eigenvalue weighted by atomic mass is 10.1. The van der Waals surface area contributed by atoms with Crippen LogP contribution in [0.3, 0.4) is 0 Å². The zero-order valence-electron chi connectivity index (χ0n) is 24.4. The fourth-order valence-corrected chi connectivity index (χ4v) is 5.75. The number of nitrogen functional groups attached to an aromatic ring is 1. The first kappa shape index (κ1) is 27.6. The van der Waals surface area contributed by atoms with E-state index in [-0.39, 0.29) is 18.0 Å². The molecule has 1 aliphatic heterocycles. The summed E-state index contributed by atoms with van der Waals surface area (Å²) in [6.45, 7) is 2.25. The second-order valence-corrected chi connectivity index (χ2v) is 11.2. The van der Waals surface area contributed by atoms with Gasteiger partial charge in [-0.05, 0) is 42.6 Å². The summed E-state index contributed by atoms with van der Waals surface area (Å²) in [5.74, 6) is 1.37. The third-order valence-corrected chi connectivity index (χ3v) is 8.31. The van der Waals surface area contributed by atoms with Gasteiger partial charge in [-0.3, -0.25) is 14.0 Å². The van der Waals surface area contributed by atoms with Crippen LogP contribution in [-0.4, -0.2) is 37.4 Å². The number of piperidine rings is 1. The van der Waals surface area contributed by atoms with Gasteiger partial charge in [-0.1, -0.05) is 54.6 Å². The van der Waals surface area contributed by atoms with Gasteiger partial charge in [0.15, 0.2) is 11.4 Å². The van der Waals surface area contributed by atoms with Gasteiger partial charge in [0, 0.05) is 43.2 Å². The van der Waals surface area contributed by atoms with E-state index in [1.165, 1.54) is 0 Å². The number of anilines is 1. The fourth-order valence-electron chi connectivity index (χ4n) is 5.75. The van der Waals surface area contributed by atoms with Gasteiger partial charge in [0.2, 0.25) is 5.75 Å². The summed E-state index contributed by atoms with van der Waals surface area (Å²) >= 11 is 0. The highest BCUT2D eigenvalue weighted by Crippen LogP contribution is 2.38. The van der Waals surface area contributed by atoms with Crippen molar-refractivity contribution in [2.24, 2.45) is 7.05 Å². The Hall–Kier alpha value is -5.22. The van der Waals surface area contributed by atoms with Crippen LogP contribution in [0.5, 0.6) is 5.75 Å². The number of rotatable bonds is 8. The molecular weight excluding hydrogens is 554 g/mol. The molecule has 44 heavy (non-hydrogen) atoms. The normalized spacial score (nSPS) is 13.8. The molecule has 3 N–H and O–H groups in total. The maximum Gasteiger partial charge on any atom is 0.261 e. The van der Waals surface area contributed by atoms with Crippen molar-refractivity contribution in [2.45, 2.75) is 31.9 Å². The van der Waals surface area contributed by atoms with Gasteiger partial charge in [0.1, 0.15) is 18.7 Å². The number of hydrogen-bond acceptors (Lipinski definition) is 8. The number of ether oxygens (including phenoxy) is 1. The number of nitrogens with two attached hydrogens (primary N) is 1. The van der Waals surface area contributed by atoms with Crippen molar-refractivity contribution in [2.75, 3.05) is 18.8 Å². The lowest BCUT2D eigenvalue weighted by Crippen LogP contribution is -2.29. The number of benzene rings is 2. The van der Waals surface area contributed by atoms with Gasteiger partial charge in [-0.25, -0.2) is 9.97 Å². The van der Waals surface area contributed by atoms with E-state index in [1.54, 1.807) is 30.3 Å². The Morgan fingerprint density at radius 3 is 2.55 bits per heavy atom. The number of furan rings is 1. The summed E-state index contributed by atoms with van der Waals surface area (Å²) in [5.41, 5.74) is 11.9. The van der Waals surface area contributed by atoms with E-state index < -0.39 is 0 Å². The predicted molar refractivity (Wildman–Crippen MR) is 169 cm³/mol. The number of nitrogens with one attached hydrogen (secondary N) is 1. The van der Waals surface area contributed by atoms with Gasteiger partial charge in [-0.15, -0.1) is 0 Å². The maximum atomic E-state index is 13.2. The van der Waals surface area contributed by atoms with Crippen molar-refractivity contribution >= 4 is 16.8 Å². The van der Waals surface area contributed by atoms with Gasteiger partial charge in [-0.2, -0.15) is 5.10 Å². The first-order chi connectivity index (χ1) is 21.5. The number of nitrogens with zero attached hydrogens (tertiary/aromatic N) is 5. The van der Waals surface area contributed by atoms with Gasteiger partial charge >= 0.3 is 0 Å². The number of fused-ring (bicyclic) bond motifs is 1. The van der Waals surface area contributed by atoms with Crippen molar-refractivity contribution in [3.05, 3.63) is 113 Å². The molecule has 10 heteroatoms. The van der Waals surface area contributed by atoms with Crippen LogP contribution in [0.15, 0.2) is 94.9 Å². The Bertz CT molecular complexity index is 1970. The lowest BCUT2D eigenvalue weighted by molar-refractivity contribution is 0.306. The molecule has 0 bridgehead atoms. The Balaban J connectivity index is 1.07. The molecule has 10 nitrogen and oxygen atoms in total. The third-order valence-electron chi connectivity index (χ3n) is 8.31. The molecule has 222 valence electrons. The van der Waals surface area contributed by atoms with Gasteiger partial charge in [0.25, 0.3) is 5.56 Å². The number of pyridine rings is 1. The summed E-state index contributed by atoms with van der Waals surface area (Å²) in [5, 5.41) is 8.83. The Kier molecular flexibility index (Phi) is 7.41. The molecule has 0 spiro atoms. The smallest absolute Gasteiger partial charge is 0.261 e. The third kappa shape index (κ3) is 5.35. The summed E-state index contributed by atoms with van der Waals surface area (Å²) in [6, 6.07) is 18.1. The summed E-state index contributed by atoms with van der Waals surface area (Å²) in [7, 11) is 1.76. The van der Waals surface area contributed by atoms with E-state index in [2.05, 4.69) is 26.6 Å². The molecule has 0 aliphatic carbocycles. The van der Waals surface area contributed by atoms with Crippen LogP contribution in [0.25, 0.3) is 33.2 Å². The Labute approximate surface area is 254 Å². The van der Waals surface area contributed by atoms with E-state index in [0.29, 0.717) is 35.2 Å². The van der Waals surface area contributed by atoms with Crippen LogP contribution in [0.1, 0.15) is 35.8 Å². The molecular formula is C34H33N7O3. The topological polar surface area (TPSA) is 126 Å². The van der Waals surface area contributed by atoms with E-state index >= 15 is 0 Å². The zero-order chi connectivity index (χ0) is 30.0. The molecule has 4 aromatic heterocycles. The average Bonchev–Trinajstić information content (AvgIpc) is 3.72. The van der Waals surface area contributed by atoms with Crippen molar-refractivity contribution in [1.82, 2.24) is 29.6 Å². The fraction of sp³-hybridized carbons (Fsp3) is 0.235. The molecule has 0 radical (unpaired) electrons. The molecule has 0 unspecified atom stereocenters. The van der Waals surface area contributed by atoms with Gasteiger partial charge < -0.3 is 20.2 Å². The Morgan fingerprint density at radius 1 is 0.955 bits per heavy atom. The van der Waals surface area contributed by atoms with Crippen LogP contribution in [0, 0.1) is 0 Å². The van der Waals surface area contributed by atoms with Crippen molar-refractivity contribution < 1.29 is 9.15 Å². The monoisotopic (exact) mass is 587 g/mol. The molecule has 1 fully saturated rings. The minimum absolute atomic E-state index is 0.0876. The van der Waals surface area contributed by atoms with Crippen LogP contribution in [0.4, 0.5) is 5.82 Å². The van der Waals surface area contributed by atoms with E-state index in [9.17, 15) is 4.79 Å². The van der Waals surface area contributed by atoms with E-state index in [4.69, 9.17) is 14.9 Å². The SMILES string of the molecule is Cn1c(Cc2ccccc2)ncc(-c2ccc(COc3c(N)ncc4c(-c5cnn(C6CCNCC6)c5)coc34)cc2)c1=O. The molecule has 0 atom stereocenters. The molecule has 5 heterocycles. The van der Waals surface area contributed by atoms with Crippen LogP contribution < -0.4 is 21.3 Å². The molecule has 1 aliphatic rings. The standard InChI is InChI=1S/C34H33N7O3/c1-40-30(15-22-5-3-2-4-6-22)37-17-27(34(40)42)24-9-7-23(8-10-24)20-43-32-31-28(18-38-33(32)35)29(21-44-31)25-16-39-41(19-25)26-11-13-36-14-12-26/h2-10,16-19,21,26,36H,11-15,20H2,1H3,(H2,35,38). The number of hydrogen-bond donors (Lipinski definition) is 2. The highest BCUT2D eigenvalue weighted by atomic mass is 16.5. The minimum Gasteiger partial charge on any atom is -0.482 e. The largest absolute Gasteiger partial charge is 0.482 e. The molecule has 1 saturated heterocycles. The van der Waals surface area contributed by atoms with Crippen molar-refractivity contribution in [3.63, 3.8) is 0 Å². The molecule has 2 aromatic carbocycles. The van der Waals surface area contributed by atoms with Crippen LogP contribution >= 0.6 is 0 Å². The average molecular weight is 588 g/mol. The Morgan fingerprint density at radius 2 is 1.75 bits per heavy atom. The quantitative estimate of drug-likeness (QED) is 0.251. The second-order valence-electron chi connectivity index (χ2n) is 11.2. The molecule has 6 aromatic rings. The summed E-state index contributed by atoms with van der Waals surface area (Å²) in [4.78, 5) is 22.2. The highest BCUT2D eigenvalue weighted by molar-refractivity contribution is 5.97. The van der Waals surface area contributed by atoms with E-state index in [1.807, 2.05) is 65.5 Å². The molecule has 7 rings (SSSR count). The first-order valence-corrected chi connectivity index (χ1v) is 14.8. The predicted octanol–water partition coefficient (Wildman–Crippen LogP) is 5.13. The zero-order valence-corrected chi connectivity index (χ0v) is 24.4. The van der Waals surface area contributed by atoms with E-state index in [0.717, 1.165) is 59.1 Å². The number of aromatic nitrogens is 5. The van der Waals surface area contributed by atoms with Crippen LogP contribution in [-0.2, 0) is 20.1 Å². The highest BCUT2D eigenvalue weighted by Gasteiger charge is 2.20. The minimum atomic E-state index is -0.0876. The van der Waals surface area contributed by atoms with Gasteiger partial charge in [0.05, 0.1) is 23.2 Å². The van der Waals surface area contributed by atoms with Crippen molar-refractivity contribution in [1.29, 1.82) is 0 Å². The summed E-state index contributed by atoms with van der Waals surface area (Å²) < 4.78 is 15.8. The summed E-state index contributed by atoms with van der Waals surface area (Å²) in [6.07, 6.45) is 11.7.